The predicted octanol–water partition coefficient (Wildman–Crippen LogP) is 2.58. The molecule has 2 fully saturated rings. The van der Waals surface area contributed by atoms with Gasteiger partial charge in [0, 0.05) is 57.0 Å². The largest absolute Gasteiger partial charge is 0.378 e. The fourth-order valence-corrected chi connectivity index (χ4v) is 4.51. The van der Waals surface area contributed by atoms with Crippen molar-refractivity contribution in [2.75, 3.05) is 38.7 Å². The Balaban J connectivity index is 1.54. The molecule has 0 bridgehead atoms. The van der Waals surface area contributed by atoms with Gasteiger partial charge in [0.2, 0.25) is 17.8 Å². The van der Waals surface area contributed by atoms with Gasteiger partial charge in [-0.25, -0.2) is 9.97 Å². The monoisotopic (exact) mass is 437 g/mol. The molecule has 3 heterocycles. The molecule has 2 aliphatic heterocycles. The molecule has 2 aliphatic rings. The van der Waals surface area contributed by atoms with E-state index in [4.69, 9.17) is 15.5 Å². The van der Waals surface area contributed by atoms with Gasteiger partial charge in [0.1, 0.15) is 0 Å². The van der Waals surface area contributed by atoms with Gasteiger partial charge >= 0.3 is 0 Å². The minimum absolute atomic E-state index is 0.0777. The summed E-state index contributed by atoms with van der Waals surface area (Å²) in [6.45, 7) is 2.18. The van der Waals surface area contributed by atoms with Crippen LogP contribution in [0.1, 0.15) is 54.1 Å². The standard InChI is InChI=1S/C24H31N5O3/c1-28(2)24-26-15-20(17-5-3-6-18(13-17)23(25)31)22(27-24)16-8-10-29(11-9-16)21(30)14-19-7-4-12-32-19/h3,5-6,13,15-16,19H,4,7-12,14H2,1-2H3,(H2,25,31). The zero-order valence-corrected chi connectivity index (χ0v) is 18.8. The van der Waals surface area contributed by atoms with Crippen molar-refractivity contribution in [1.82, 2.24) is 14.9 Å². The number of anilines is 1. The Bertz CT molecular complexity index is 979. The first-order valence-electron chi connectivity index (χ1n) is 11.3. The summed E-state index contributed by atoms with van der Waals surface area (Å²) in [5, 5.41) is 0. The maximum absolute atomic E-state index is 12.7. The summed E-state index contributed by atoms with van der Waals surface area (Å²) >= 11 is 0. The Morgan fingerprint density at radius 2 is 2.00 bits per heavy atom. The first kappa shape index (κ1) is 22.2. The van der Waals surface area contributed by atoms with E-state index in [9.17, 15) is 9.59 Å². The lowest BCUT2D eigenvalue weighted by Crippen LogP contribution is -2.39. The fourth-order valence-electron chi connectivity index (χ4n) is 4.51. The summed E-state index contributed by atoms with van der Waals surface area (Å²) in [6, 6.07) is 7.27. The van der Waals surface area contributed by atoms with Crippen LogP contribution in [0.2, 0.25) is 0 Å². The van der Waals surface area contributed by atoms with E-state index >= 15 is 0 Å². The van der Waals surface area contributed by atoms with Crippen molar-refractivity contribution in [3.05, 3.63) is 41.7 Å². The van der Waals surface area contributed by atoms with E-state index in [0.29, 0.717) is 31.0 Å². The summed E-state index contributed by atoms with van der Waals surface area (Å²) in [6.07, 6.45) is 6.08. The van der Waals surface area contributed by atoms with Gasteiger partial charge in [-0.15, -0.1) is 0 Å². The third-order valence-electron chi connectivity index (χ3n) is 6.32. The SMILES string of the molecule is CN(C)c1ncc(-c2cccc(C(N)=O)c2)c(C2CCN(C(=O)CC3CCCO3)CC2)n1. The highest BCUT2D eigenvalue weighted by atomic mass is 16.5. The van der Waals surface area contributed by atoms with E-state index in [1.807, 2.05) is 42.2 Å². The third kappa shape index (κ3) is 4.91. The Morgan fingerprint density at radius 1 is 1.22 bits per heavy atom. The Labute approximate surface area is 188 Å². The molecule has 8 nitrogen and oxygen atoms in total. The van der Waals surface area contributed by atoms with Crippen LogP contribution >= 0.6 is 0 Å². The molecule has 2 amide bonds. The number of carbonyl (C=O) groups excluding carboxylic acids is 2. The molecule has 0 radical (unpaired) electrons. The highest BCUT2D eigenvalue weighted by Crippen LogP contribution is 2.35. The molecule has 2 aromatic rings. The summed E-state index contributed by atoms with van der Waals surface area (Å²) in [4.78, 5) is 37.6. The zero-order valence-electron chi connectivity index (χ0n) is 18.8. The second-order valence-electron chi connectivity index (χ2n) is 8.80. The number of benzene rings is 1. The van der Waals surface area contributed by atoms with Crippen molar-refractivity contribution in [3.8, 4) is 11.1 Å². The second kappa shape index (κ2) is 9.65. The van der Waals surface area contributed by atoms with Crippen molar-refractivity contribution in [3.63, 3.8) is 0 Å². The molecule has 1 aromatic carbocycles. The van der Waals surface area contributed by atoms with E-state index in [2.05, 4.69) is 4.98 Å². The lowest BCUT2D eigenvalue weighted by Gasteiger charge is -2.33. The maximum Gasteiger partial charge on any atom is 0.248 e. The quantitative estimate of drug-likeness (QED) is 0.745. The van der Waals surface area contributed by atoms with Gasteiger partial charge in [0.05, 0.1) is 18.2 Å². The summed E-state index contributed by atoms with van der Waals surface area (Å²) in [5.41, 5.74) is 8.68. The molecule has 0 saturated carbocycles. The molecule has 2 saturated heterocycles. The Morgan fingerprint density at radius 3 is 2.66 bits per heavy atom. The summed E-state index contributed by atoms with van der Waals surface area (Å²) < 4.78 is 5.63. The minimum atomic E-state index is -0.461. The van der Waals surface area contributed by atoms with E-state index < -0.39 is 5.91 Å². The number of primary amides is 1. The number of nitrogens with two attached hydrogens (primary N) is 1. The third-order valence-corrected chi connectivity index (χ3v) is 6.32. The molecule has 1 aromatic heterocycles. The predicted molar refractivity (Wildman–Crippen MR) is 122 cm³/mol. The highest BCUT2D eigenvalue weighted by molar-refractivity contribution is 5.94. The van der Waals surface area contributed by atoms with Crippen LogP contribution in [0.5, 0.6) is 0 Å². The van der Waals surface area contributed by atoms with Crippen LogP contribution in [-0.4, -0.2) is 66.6 Å². The number of rotatable bonds is 6. The number of aromatic nitrogens is 2. The molecule has 170 valence electrons. The Hall–Kier alpha value is -3.00. The van der Waals surface area contributed by atoms with Crippen molar-refractivity contribution >= 4 is 17.8 Å². The van der Waals surface area contributed by atoms with Crippen LogP contribution in [-0.2, 0) is 9.53 Å². The lowest BCUT2D eigenvalue weighted by molar-refractivity contribution is -0.134. The minimum Gasteiger partial charge on any atom is -0.378 e. The fraction of sp³-hybridized carbons (Fsp3) is 0.500. The molecule has 0 aliphatic carbocycles. The van der Waals surface area contributed by atoms with Crippen LogP contribution in [0.15, 0.2) is 30.5 Å². The molecule has 0 spiro atoms. The zero-order chi connectivity index (χ0) is 22.7. The molecule has 1 atom stereocenters. The van der Waals surface area contributed by atoms with Crippen molar-refractivity contribution in [2.24, 2.45) is 5.73 Å². The number of piperidine rings is 1. The maximum atomic E-state index is 12.7. The first-order chi connectivity index (χ1) is 15.4. The van der Waals surface area contributed by atoms with Crippen molar-refractivity contribution < 1.29 is 14.3 Å². The van der Waals surface area contributed by atoms with Gasteiger partial charge in [0.15, 0.2) is 0 Å². The number of nitrogens with zero attached hydrogens (tertiary/aromatic N) is 4. The molecule has 32 heavy (non-hydrogen) atoms. The molecular formula is C24H31N5O3. The molecular weight excluding hydrogens is 406 g/mol. The summed E-state index contributed by atoms with van der Waals surface area (Å²) in [5.74, 6) is 0.570. The van der Waals surface area contributed by atoms with E-state index in [1.165, 1.54) is 0 Å². The Kier molecular flexibility index (Phi) is 6.69. The molecule has 2 N–H and O–H groups in total. The number of hydrogen-bond donors (Lipinski definition) is 1. The number of carbonyl (C=O) groups is 2. The number of likely N-dealkylation sites (tertiary alicyclic amines) is 1. The topological polar surface area (TPSA) is 102 Å². The smallest absolute Gasteiger partial charge is 0.248 e. The second-order valence-corrected chi connectivity index (χ2v) is 8.80. The average molecular weight is 438 g/mol. The van der Waals surface area contributed by atoms with Crippen molar-refractivity contribution in [1.29, 1.82) is 0 Å². The van der Waals surface area contributed by atoms with Crippen LogP contribution in [0.4, 0.5) is 5.95 Å². The average Bonchev–Trinajstić information content (AvgIpc) is 3.32. The number of amides is 2. The van der Waals surface area contributed by atoms with Crippen molar-refractivity contribution in [2.45, 2.75) is 44.1 Å². The number of ether oxygens (including phenoxy) is 1. The van der Waals surface area contributed by atoms with Gasteiger partial charge in [-0.2, -0.15) is 0 Å². The molecule has 1 unspecified atom stereocenters. The number of hydrogen-bond acceptors (Lipinski definition) is 6. The van der Waals surface area contributed by atoms with Crippen LogP contribution in [0, 0.1) is 0 Å². The van der Waals surface area contributed by atoms with Crippen LogP contribution in [0.25, 0.3) is 11.1 Å². The van der Waals surface area contributed by atoms with Gasteiger partial charge in [-0.1, -0.05) is 12.1 Å². The van der Waals surface area contributed by atoms with Crippen LogP contribution < -0.4 is 10.6 Å². The van der Waals surface area contributed by atoms with E-state index in [1.54, 1.807) is 12.1 Å². The van der Waals surface area contributed by atoms with Gasteiger partial charge in [0.25, 0.3) is 0 Å². The van der Waals surface area contributed by atoms with Gasteiger partial charge < -0.3 is 20.3 Å². The lowest BCUT2D eigenvalue weighted by atomic mass is 9.88. The highest BCUT2D eigenvalue weighted by Gasteiger charge is 2.29. The molecule has 4 rings (SSSR count). The van der Waals surface area contributed by atoms with E-state index in [-0.39, 0.29) is 17.9 Å². The summed E-state index contributed by atoms with van der Waals surface area (Å²) in [7, 11) is 3.83. The first-order valence-corrected chi connectivity index (χ1v) is 11.3. The van der Waals surface area contributed by atoms with Crippen LogP contribution in [0.3, 0.4) is 0 Å². The van der Waals surface area contributed by atoms with Gasteiger partial charge in [-0.3, -0.25) is 9.59 Å². The van der Waals surface area contributed by atoms with E-state index in [0.717, 1.165) is 49.1 Å². The molecule has 8 heteroatoms. The van der Waals surface area contributed by atoms with Gasteiger partial charge in [-0.05, 0) is 43.4 Å². The normalized spacial score (nSPS) is 19.2.